The lowest BCUT2D eigenvalue weighted by Gasteiger charge is -2.28. The lowest BCUT2D eigenvalue weighted by Crippen LogP contribution is -2.36. The van der Waals surface area contributed by atoms with Crippen molar-refractivity contribution in [3.8, 4) is 0 Å². The van der Waals surface area contributed by atoms with Crippen molar-refractivity contribution in [1.82, 2.24) is 30.0 Å². The van der Waals surface area contributed by atoms with E-state index in [1.54, 1.807) is 24.1 Å². The molecule has 9 nitrogen and oxygen atoms in total. The number of carbonyl (C=O) groups is 2. The Balaban J connectivity index is 1.41. The molecule has 0 bridgehead atoms. The normalized spacial score (nSPS) is 16.0. The van der Waals surface area contributed by atoms with E-state index in [4.69, 9.17) is 4.74 Å². The van der Waals surface area contributed by atoms with Crippen molar-refractivity contribution in [3.63, 3.8) is 0 Å². The van der Waals surface area contributed by atoms with Gasteiger partial charge in [0.05, 0.1) is 6.61 Å². The molecule has 0 spiro atoms. The van der Waals surface area contributed by atoms with Crippen LogP contribution in [-0.2, 0) is 30.7 Å². The number of carbonyl (C=O) groups excluding carboxylic acids is 2. The summed E-state index contributed by atoms with van der Waals surface area (Å²) in [5, 5.41) is 11.7. The van der Waals surface area contributed by atoms with Gasteiger partial charge in [-0.3, -0.25) is 9.78 Å². The Morgan fingerprint density at radius 2 is 2.00 bits per heavy atom. The van der Waals surface area contributed by atoms with E-state index in [2.05, 4.69) is 38.1 Å². The molecule has 190 valence electrons. The summed E-state index contributed by atoms with van der Waals surface area (Å²) in [5.41, 5.74) is 4.01. The standard InChI is InChI=1S/C27H34N6O3/c1-4-9-20(25-31-30-24-12-6-7-14-33(24)25)11-8-10-19(3)29-26(34)23-16-22-18-32(27(35)36-5-2)15-13-21(22)17-28-23/h8-11,16-17H,4-7,12-15,18H2,1-3H3,(H,29,34)/b11-8-,19-10+,20-9-. The molecule has 0 aliphatic carbocycles. The Morgan fingerprint density at radius 1 is 1.14 bits per heavy atom. The molecule has 2 aliphatic heterocycles. The molecule has 4 rings (SSSR count). The molecule has 4 heterocycles. The van der Waals surface area contributed by atoms with Gasteiger partial charge in [0, 0.05) is 43.5 Å². The van der Waals surface area contributed by atoms with Crippen molar-refractivity contribution >= 4 is 17.6 Å². The molecule has 0 unspecified atom stereocenters. The molecular weight excluding hydrogens is 456 g/mol. The monoisotopic (exact) mass is 490 g/mol. The van der Waals surface area contributed by atoms with Gasteiger partial charge in [0.25, 0.3) is 5.91 Å². The first-order chi connectivity index (χ1) is 17.5. The molecule has 2 aliphatic rings. The van der Waals surface area contributed by atoms with Gasteiger partial charge in [0.1, 0.15) is 11.5 Å². The highest BCUT2D eigenvalue weighted by atomic mass is 16.6. The second kappa shape index (κ2) is 11.8. The second-order valence-corrected chi connectivity index (χ2v) is 8.99. The number of allylic oxidation sites excluding steroid dienone is 6. The molecule has 0 fully saturated rings. The SMILES string of the molecule is CC/C=C(/C=C\C=C(/C)NC(=O)c1cc2c(cn1)CCN(C(=O)OCC)C2)c1nnc2n1CCCC2. The van der Waals surface area contributed by atoms with Gasteiger partial charge in [-0.25, -0.2) is 4.79 Å². The van der Waals surface area contributed by atoms with Crippen molar-refractivity contribution in [2.75, 3.05) is 13.2 Å². The fourth-order valence-corrected chi connectivity index (χ4v) is 4.49. The molecule has 0 saturated heterocycles. The van der Waals surface area contributed by atoms with Crippen LogP contribution in [0.2, 0.25) is 0 Å². The Labute approximate surface area is 211 Å². The minimum atomic E-state index is -0.334. The number of nitrogens with zero attached hydrogens (tertiary/aromatic N) is 5. The third-order valence-electron chi connectivity index (χ3n) is 6.33. The average Bonchev–Trinajstić information content (AvgIpc) is 3.31. The number of fused-ring (bicyclic) bond motifs is 2. The van der Waals surface area contributed by atoms with Gasteiger partial charge >= 0.3 is 6.09 Å². The molecular formula is C27H34N6O3. The first-order valence-corrected chi connectivity index (χ1v) is 12.7. The zero-order chi connectivity index (χ0) is 25.5. The van der Waals surface area contributed by atoms with Crippen LogP contribution in [0.5, 0.6) is 0 Å². The molecule has 2 aromatic heterocycles. The van der Waals surface area contributed by atoms with Crippen LogP contribution >= 0.6 is 0 Å². The van der Waals surface area contributed by atoms with Crippen LogP contribution in [0.4, 0.5) is 4.79 Å². The summed E-state index contributed by atoms with van der Waals surface area (Å²) >= 11 is 0. The van der Waals surface area contributed by atoms with E-state index in [0.29, 0.717) is 37.5 Å². The molecule has 36 heavy (non-hydrogen) atoms. The number of aromatic nitrogens is 4. The predicted octanol–water partition coefficient (Wildman–Crippen LogP) is 4.21. The van der Waals surface area contributed by atoms with E-state index in [1.165, 1.54) is 0 Å². The summed E-state index contributed by atoms with van der Waals surface area (Å²) in [4.78, 5) is 30.9. The molecule has 0 atom stereocenters. The van der Waals surface area contributed by atoms with Gasteiger partial charge in [0.15, 0.2) is 5.82 Å². The lowest BCUT2D eigenvalue weighted by molar-refractivity contribution is 0.0960. The summed E-state index contributed by atoms with van der Waals surface area (Å²) in [6.45, 7) is 8.00. The average molecular weight is 491 g/mol. The van der Waals surface area contributed by atoms with Crippen LogP contribution in [0.15, 0.2) is 42.3 Å². The van der Waals surface area contributed by atoms with Crippen LogP contribution in [0.1, 0.15) is 73.3 Å². The van der Waals surface area contributed by atoms with Gasteiger partial charge in [-0.15, -0.1) is 10.2 Å². The highest BCUT2D eigenvalue weighted by Gasteiger charge is 2.23. The molecule has 2 aromatic rings. The number of rotatable bonds is 7. The van der Waals surface area contributed by atoms with Crippen LogP contribution < -0.4 is 5.32 Å². The van der Waals surface area contributed by atoms with Crippen LogP contribution in [-0.4, -0.2) is 49.8 Å². The molecule has 0 aromatic carbocycles. The fourth-order valence-electron chi connectivity index (χ4n) is 4.49. The third-order valence-corrected chi connectivity index (χ3v) is 6.33. The Morgan fingerprint density at radius 3 is 2.81 bits per heavy atom. The highest BCUT2D eigenvalue weighted by Crippen LogP contribution is 2.22. The predicted molar refractivity (Wildman–Crippen MR) is 137 cm³/mol. The van der Waals surface area contributed by atoms with Crippen LogP contribution in [0, 0.1) is 0 Å². The number of pyridine rings is 1. The third kappa shape index (κ3) is 5.90. The molecule has 0 radical (unpaired) electrons. The largest absolute Gasteiger partial charge is 0.450 e. The van der Waals surface area contributed by atoms with Gasteiger partial charge in [-0.05, 0) is 62.8 Å². The van der Waals surface area contributed by atoms with Gasteiger partial charge < -0.3 is 19.5 Å². The summed E-state index contributed by atoms with van der Waals surface area (Å²) in [5.74, 6) is 1.66. The number of ether oxygens (including phenoxy) is 1. The zero-order valence-electron chi connectivity index (χ0n) is 21.3. The Hall–Kier alpha value is -3.75. The maximum absolute atomic E-state index is 12.8. The topological polar surface area (TPSA) is 102 Å². The van der Waals surface area contributed by atoms with Crippen LogP contribution in [0.3, 0.4) is 0 Å². The highest BCUT2D eigenvalue weighted by molar-refractivity contribution is 5.93. The van der Waals surface area contributed by atoms with E-state index >= 15 is 0 Å². The maximum Gasteiger partial charge on any atom is 0.410 e. The minimum Gasteiger partial charge on any atom is -0.450 e. The fraction of sp³-hybridized carbons (Fsp3) is 0.444. The van der Waals surface area contributed by atoms with Crippen molar-refractivity contribution in [3.05, 3.63) is 70.7 Å². The Kier molecular flexibility index (Phi) is 8.30. The quantitative estimate of drug-likeness (QED) is 0.584. The zero-order valence-corrected chi connectivity index (χ0v) is 21.3. The molecule has 9 heteroatoms. The van der Waals surface area contributed by atoms with Crippen molar-refractivity contribution in [2.45, 2.75) is 66.0 Å². The van der Waals surface area contributed by atoms with Crippen molar-refractivity contribution in [1.29, 1.82) is 0 Å². The molecule has 1 N–H and O–H groups in total. The first-order valence-electron chi connectivity index (χ1n) is 12.7. The van der Waals surface area contributed by atoms with Gasteiger partial charge in [-0.2, -0.15) is 0 Å². The smallest absolute Gasteiger partial charge is 0.410 e. The number of hydrogen-bond acceptors (Lipinski definition) is 6. The lowest BCUT2D eigenvalue weighted by atomic mass is 10.0. The number of amides is 2. The summed E-state index contributed by atoms with van der Waals surface area (Å²) in [6.07, 6.45) is 14.2. The van der Waals surface area contributed by atoms with Crippen molar-refractivity contribution < 1.29 is 14.3 Å². The van der Waals surface area contributed by atoms with E-state index in [-0.39, 0.29) is 12.0 Å². The number of nitrogens with one attached hydrogen (secondary N) is 1. The van der Waals surface area contributed by atoms with Crippen molar-refractivity contribution in [2.24, 2.45) is 0 Å². The van der Waals surface area contributed by atoms with Crippen LogP contribution in [0.25, 0.3) is 5.57 Å². The van der Waals surface area contributed by atoms with Gasteiger partial charge in [0.2, 0.25) is 0 Å². The number of aryl methyl sites for hydroxylation is 1. The summed E-state index contributed by atoms with van der Waals surface area (Å²) in [6, 6.07) is 1.76. The van der Waals surface area contributed by atoms with E-state index in [0.717, 1.165) is 60.6 Å². The van der Waals surface area contributed by atoms with E-state index in [9.17, 15) is 9.59 Å². The molecule has 0 saturated carbocycles. The molecule has 2 amide bonds. The summed E-state index contributed by atoms with van der Waals surface area (Å²) in [7, 11) is 0. The first kappa shape index (κ1) is 25.3. The minimum absolute atomic E-state index is 0.288. The summed E-state index contributed by atoms with van der Waals surface area (Å²) < 4.78 is 7.32. The number of hydrogen-bond donors (Lipinski definition) is 1. The maximum atomic E-state index is 12.8. The van der Waals surface area contributed by atoms with E-state index < -0.39 is 0 Å². The van der Waals surface area contributed by atoms with Gasteiger partial charge in [-0.1, -0.05) is 25.2 Å². The van der Waals surface area contributed by atoms with E-state index in [1.807, 2.05) is 25.2 Å². The second-order valence-electron chi connectivity index (χ2n) is 8.99. The Bertz CT molecular complexity index is 1210.